The molecule has 14 heavy (non-hydrogen) atoms. The topological polar surface area (TPSA) is 55.0 Å². The molecule has 4 nitrogen and oxygen atoms in total. The van der Waals surface area contributed by atoms with Gasteiger partial charge in [0.2, 0.25) is 5.95 Å². The Labute approximate surface area is 87.0 Å². The molecule has 1 aliphatic heterocycles. The number of anilines is 2. The van der Waals surface area contributed by atoms with Crippen molar-refractivity contribution >= 4 is 11.8 Å². The van der Waals surface area contributed by atoms with Crippen LogP contribution in [-0.2, 0) is 0 Å². The van der Waals surface area contributed by atoms with Crippen LogP contribution >= 0.6 is 0 Å². The van der Waals surface area contributed by atoms with Crippen LogP contribution in [-0.4, -0.2) is 23.1 Å². The second-order valence-corrected chi connectivity index (χ2v) is 3.84. The lowest BCUT2D eigenvalue weighted by Crippen LogP contribution is -2.34. The molecule has 0 saturated carbocycles. The van der Waals surface area contributed by atoms with Gasteiger partial charge in [-0.05, 0) is 24.8 Å². The largest absolute Gasteiger partial charge is 0.368 e. The second kappa shape index (κ2) is 3.82. The number of hydrogen-bond donors (Lipinski definition) is 1. The van der Waals surface area contributed by atoms with Gasteiger partial charge in [0.05, 0.1) is 2.74 Å². The van der Waals surface area contributed by atoms with Crippen molar-refractivity contribution < 1.29 is 2.74 Å². The first-order valence-corrected chi connectivity index (χ1v) is 4.93. The number of piperidine rings is 1. The fraction of sp³-hybridized carbons (Fsp3) is 0.600. The Hall–Kier alpha value is -1.32. The van der Waals surface area contributed by atoms with E-state index < -0.39 is 0 Å². The van der Waals surface area contributed by atoms with Gasteiger partial charge in [-0.3, -0.25) is 0 Å². The summed E-state index contributed by atoms with van der Waals surface area (Å²) in [6, 6.07) is 0.0725. The van der Waals surface area contributed by atoms with Crippen molar-refractivity contribution in [2.24, 2.45) is 5.92 Å². The van der Waals surface area contributed by atoms with Crippen LogP contribution in [0.15, 0.2) is 12.2 Å². The molecule has 2 N–H and O–H groups in total. The van der Waals surface area contributed by atoms with Crippen molar-refractivity contribution in [3.05, 3.63) is 12.2 Å². The normalized spacial score (nSPS) is 24.4. The van der Waals surface area contributed by atoms with Crippen LogP contribution in [0.1, 0.15) is 22.5 Å². The molecule has 1 unspecified atom stereocenters. The van der Waals surface area contributed by atoms with Crippen molar-refractivity contribution in [2.45, 2.75) is 19.8 Å². The van der Waals surface area contributed by atoms with Gasteiger partial charge >= 0.3 is 0 Å². The number of rotatable bonds is 1. The second-order valence-electron chi connectivity index (χ2n) is 3.84. The zero-order valence-corrected chi connectivity index (χ0v) is 8.32. The van der Waals surface area contributed by atoms with Crippen molar-refractivity contribution in [3.8, 4) is 0 Å². The first kappa shape index (κ1) is 7.04. The summed E-state index contributed by atoms with van der Waals surface area (Å²) in [6.45, 7) is 3.94. The highest BCUT2D eigenvalue weighted by Crippen LogP contribution is 2.20. The SMILES string of the molecule is [2H]c1nc(N)nc(N2CCCC(C)C2)c1[2H]. The molecular weight excluding hydrogens is 176 g/mol. The Morgan fingerprint density at radius 2 is 2.57 bits per heavy atom. The van der Waals surface area contributed by atoms with Crippen molar-refractivity contribution in [3.63, 3.8) is 0 Å². The molecule has 0 radical (unpaired) electrons. The molecule has 0 spiro atoms. The lowest BCUT2D eigenvalue weighted by Gasteiger charge is -2.31. The first-order valence-electron chi connectivity index (χ1n) is 5.93. The van der Waals surface area contributed by atoms with Gasteiger partial charge in [-0.1, -0.05) is 6.92 Å². The fourth-order valence-corrected chi connectivity index (χ4v) is 1.83. The van der Waals surface area contributed by atoms with E-state index in [1.165, 1.54) is 6.42 Å². The fourth-order valence-electron chi connectivity index (χ4n) is 1.83. The van der Waals surface area contributed by atoms with E-state index in [-0.39, 0.29) is 18.2 Å². The van der Waals surface area contributed by atoms with E-state index in [4.69, 9.17) is 8.48 Å². The highest BCUT2D eigenvalue weighted by molar-refractivity contribution is 5.41. The molecule has 2 heterocycles. The molecule has 76 valence electrons. The lowest BCUT2D eigenvalue weighted by molar-refractivity contribution is 0.444. The molecule has 1 saturated heterocycles. The summed E-state index contributed by atoms with van der Waals surface area (Å²) in [5.74, 6) is 1.18. The molecule has 1 atom stereocenters. The zero-order chi connectivity index (χ0) is 11.7. The molecule has 1 fully saturated rings. The summed E-state index contributed by atoms with van der Waals surface area (Å²) in [6.07, 6.45) is 2.21. The first-order chi connectivity index (χ1) is 7.58. The minimum absolute atomic E-state index is 0.0725. The number of nitrogens with zero attached hydrogens (tertiary/aromatic N) is 3. The Morgan fingerprint density at radius 3 is 3.36 bits per heavy atom. The number of nitrogens with two attached hydrogens (primary N) is 1. The van der Waals surface area contributed by atoms with Crippen LogP contribution in [0.3, 0.4) is 0 Å². The third-order valence-corrected chi connectivity index (χ3v) is 2.52. The molecule has 1 aromatic rings. The number of aromatic nitrogens is 2. The Morgan fingerprint density at radius 1 is 1.71 bits per heavy atom. The van der Waals surface area contributed by atoms with Gasteiger partial charge in [0, 0.05) is 19.3 Å². The molecular formula is C10H16N4. The highest BCUT2D eigenvalue weighted by atomic mass is 15.2. The summed E-state index contributed by atoms with van der Waals surface area (Å²) in [5, 5.41) is 0. The molecule has 0 amide bonds. The minimum atomic E-state index is -0.0965. The Balaban J connectivity index is 2.32. The lowest BCUT2D eigenvalue weighted by atomic mass is 10.0. The predicted octanol–water partition coefficient (Wildman–Crippen LogP) is 1.30. The predicted molar refractivity (Wildman–Crippen MR) is 57.1 cm³/mol. The highest BCUT2D eigenvalue weighted by Gasteiger charge is 2.17. The summed E-state index contributed by atoms with van der Waals surface area (Å²) < 4.78 is 15.3. The van der Waals surface area contributed by atoms with E-state index in [1.807, 2.05) is 4.90 Å². The molecule has 4 heteroatoms. The van der Waals surface area contributed by atoms with E-state index in [1.54, 1.807) is 0 Å². The molecule has 0 bridgehead atoms. The average molecular weight is 194 g/mol. The minimum Gasteiger partial charge on any atom is -0.368 e. The summed E-state index contributed by atoms with van der Waals surface area (Å²) >= 11 is 0. The van der Waals surface area contributed by atoms with Gasteiger partial charge in [-0.25, -0.2) is 4.98 Å². The van der Waals surface area contributed by atoms with Gasteiger partial charge < -0.3 is 10.6 Å². The van der Waals surface area contributed by atoms with Crippen LogP contribution in [0.2, 0.25) is 0 Å². The van der Waals surface area contributed by atoms with Crippen LogP contribution in [0.25, 0.3) is 0 Å². The Bertz CT molecular complexity index is 397. The monoisotopic (exact) mass is 194 g/mol. The quantitative estimate of drug-likeness (QED) is 0.732. The van der Waals surface area contributed by atoms with Crippen molar-refractivity contribution in [2.75, 3.05) is 23.7 Å². The van der Waals surface area contributed by atoms with Gasteiger partial charge in [-0.2, -0.15) is 4.98 Å². The third kappa shape index (κ3) is 1.95. The zero-order valence-electron chi connectivity index (χ0n) is 10.3. The van der Waals surface area contributed by atoms with Gasteiger partial charge in [0.25, 0.3) is 0 Å². The van der Waals surface area contributed by atoms with E-state index >= 15 is 0 Å². The Kier molecular flexibility index (Phi) is 1.92. The van der Waals surface area contributed by atoms with Gasteiger partial charge in [0.15, 0.2) is 0 Å². The van der Waals surface area contributed by atoms with Gasteiger partial charge in [0.1, 0.15) is 5.82 Å². The molecule has 2 rings (SSSR count). The average Bonchev–Trinajstić information content (AvgIpc) is 2.23. The van der Waals surface area contributed by atoms with Gasteiger partial charge in [-0.15, -0.1) is 0 Å². The van der Waals surface area contributed by atoms with Crippen LogP contribution in [0, 0.1) is 5.92 Å². The summed E-state index contributed by atoms with van der Waals surface area (Å²) in [4.78, 5) is 9.78. The summed E-state index contributed by atoms with van der Waals surface area (Å²) in [7, 11) is 0. The van der Waals surface area contributed by atoms with Crippen LogP contribution in [0.5, 0.6) is 0 Å². The molecule has 0 aromatic carbocycles. The number of hydrogen-bond acceptors (Lipinski definition) is 4. The smallest absolute Gasteiger partial charge is 0.221 e. The van der Waals surface area contributed by atoms with Crippen molar-refractivity contribution in [1.82, 2.24) is 9.97 Å². The molecule has 1 aromatic heterocycles. The van der Waals surface area contributed by atoms with Crippen molar-refractivity contribution in [1.29, 1.82) is 0 Å². The maximum absolute atomic E-state index is 7.78. The standard InChI is InChI=1S/C10H16N4/c1-8-3-2-6-14(7-8)9-4-5-12-10(11)13-9/h4-5,8H,2-3,6-7H2,1H3,(H2,11,12,13)/i4D,5D. The third-order valence-electron chi connectivity index (χ3n) is 2.52. The summed E-state index contributed by atoms with van der Waals surface area (Å²) in [5.41, 5.74) is 5.52. The van der Waals surface area contributed by atoms with Crippen LogP contribution in [0.4, 0.5) is 11.8 Å². The van der Waals surface area contributed by atoms with E-state index in [0.29, 0.717) is 11.7 Å². The molecule has 0 aliphatic carbocycles. The molecule has 1 aliphatic rings. The maximum Gasteiger partial charge on any atom is 0.221 e. The van der Waals surface area contributed by atoms with E-state index in [9.17, 15) is 0 Å². The van der Waals surface area contributed by atoms with E-state index in [2.05, 4.69) is 16.9 Å². The van der Waals surface area contributed by atoms with Crippen LogP contribution < -0.4 is 10.6 Å². The number of nitrogen functional groups attached to an aromatic ring is 1. The maximum atomic E-state index is 7.78. The van der Waals surface area contributed by atoms with E-state index in [0.717, 1.165) is 19.5 Å².